The highest BCUT2D eigenvalue weighted by atomic mass is 19.1. The third kappa shape index (κ3) is 2.92. The smallest absolute Gasteiger partial charge is 0.222 e. The monoisotopic (exact) mass is 355 g/mol. The van der Waals surface area contributed by atoms with Gasteiger partial charge in [-0.1, -0.05) is 0 Å². The lowest BCUT2D eigenvalue weighted by atomic mass is 9.99. The number of nitrogens with one attached hydrogen (secondary N) is 1. The van der Waals surface area contributed by atoms with Crippen LogP contribution in [0.3, 0.4) is 0 Å². The SMILES string of the molecule is CC(=O)Nc1cc2c(cn1)cnn2-c1cc(C)cc(C2(F)CCOC2)n1. The number of alkyl halides is 1. The first kappa shape index (κ1) is 16.6. The zero-order valence-corrected chi connectivity index (χ0v) is 14.5. The summed E-state index contributed by atoms with van der Waals surface area (Å²) in [5, 5.41) is 7.81. The Bertz CT molecular complexity index is 994. The van der Waals surface area contributed by atoms with E-state index in [0.717, 1.165) is 16.5 Å². The Morgan fingerprint density at radius 1 is 1.35 bits per heavy atom. The van der Waals surface area contributed by atoms with Gasteiger partial charge in [-0.25, -0.2) is 19.0 Å². The lowest BCUT2D eigenvalue weighted by Crippen LogP contribution is -2.22. The highest BCUT2D eigenvalue weighted by Gasteiger charge is 2.38. The number of carbonyl (C=O) groups is 1. The van der Waals surface area contributed by atoms with Gasteiger partial charge in [-0.2, -0.15) is 5.10 Å². The van der Waals surface area contributed by atoms with Gasteiger partial charge in [-0.3, -0.25) is 4.79 Å². The molecule has 0 aliphatic carbocycles. The van der Waals surface area contributed by atoms with Crippen molar-refractivity contribution in [1.82, 2.24) is 19.7 Å². The molecule has 8 heteroatoms. The quantitative estimate of drug-likeness (QED) is 0.781. The average Bonchev–Trinajstić information content (AvgIpc) is 3.20. The van der Waals surface area contributed by atoms with Crippen LogP contribution in [0.25, 0.3) is 16.7 Å². The summed E-state index contributed by atoms with van der Waals surface area (Å²) in [5.41, 5.74) is 0.383. The molecule has 7 nitrogen and oxygen atoms in total. The van der Waals surface area contributed by atoms with Gasteiger partial charge in [0.25, 0.3) is 0 Å². The van der Waals surface area contributed by atoms with Gasteiger partial charge in [0.2, 0.25) is 5.91 Å². The zero-order valence-electron chi connectivity index (χ0n) is 14.5. The summed E-state index contributed by atoms with van der Waals surface area (Å²) in [7, 11) is 0. The Morgan fingerprint density at radius 3 is 2.92 bits per heavy atom. The molecule has 0 spiro atoms. The number of aryl methyl sites for hydroxylation is 1. The van der Waals surface area contributed by atoms with Crippen LogP contribution in [0.4, 0.5) is 10.2 Å². The predicted octanol–water partition coefficient (Wildman–Crippen LogP) is 2.67. The molecule has 26 heavy (non-hydrogen) atoms. The van der Waals surface area contributed by atoms with Gasteiger partial charge < -0.3 is 10.1 Å². The molecule has 1 atom stereocenters. The van der Waals surface area contributed by atoms with Crippen LogP contribution in [0.1, 0.15) is 24.6 Å². The van der Waals surface area contributed by atoms with Crippen LogP contribution in [0.5, 0.6) is 0 Å². The summed E-state index contributed by atoms with van der Waals surface area (Å²) < 4.78 is 21.9. The molecule has 1 amide bonds. The number of nitrogens with zero attached hydrogens (tertiary/aromatic N) is 4. The zero-order chi connectivity index (χ0) is 18.3. The summed E-state index contributed by atoms with van der Waals surface area (Å²) in [5.74, 6) is 0.726. The van der Waals surface area contributed by atoms with Gasteiger partial charge in [0.1, 0.15) is 5.82 Å². The molecule has 0 bridgehead atoms. The van der Waals surface area contributed by atoms with Crippen molar-refractivity contribution in [2.45, 2.75) is 25.9 Å². The van der Waals surface area contributed by atoms with E-state index >= 15 is 4.39 Å². The highest BCUT2D eigenvalue weighted by molar-refractivity contribution is 5.90. The van der Waals surface area contributed by atoms with Crippen LogP contribution in [0, 0.1) is 6.92 Å². The summed E-state index contributed by atoms with van der Waals surface area (Å²) in [6, 6.07) is 5.30. The molecule has 0 saturated carbocycles. The Balaban J connectivity index is 1.82. The fraction of sp³-hybridized carbons (Fsp3) is 0.333. The number of ether oxygens (including phenoxy) is 1. The first-order valence-electron chi connectivity index (χ1n) is 8.32. The van der Waals surface area contributed by atoms with Gasteiger partial charge in [0.05, 0.1) is 30.6 Å². The summed E-state index contributed by atoms with van der Waals surface area (Å²) in [6.07, 6.45) is 3.58. The minimum Gasteiger partial charge on any atom is -0.378 e. The number of hydrogen-bond acceptors (Lipinski definition) is 5. The van der Waals surface area contributed by atoms with Gasteiger partial charge in [-0.05, 0) is 24.6 Å². The molecule has 3 aromatic heterocycles. The number of anilines is 1. The maximum absolute atomic E-state index is 15.1. The van der Waals surface area contributed by atoms with Gasteiger partial charge in [0, 0.05) is 31.0 Å². The number of pyridine rings is 2. The van der Waals surface area contributed by atoms with Crippen molar-refractivity contribution in [1.29, 1.82) is 0 Å². The Labute approximate surface area is 149 Å². The number of rotatable bonds is 3. The topological polar surface area (TPSA) is 81.9 Å². The normalized spacial score (nSPS) is 19.8. The Morgan fingerprint density at radius 2 is 2.19 bits per heavy atom. The molecular weight excluding hydrogens is 337 g/mol. The second-order valence-electron chi connectivity index (χ2n) is 6.52. The summed E-state index contributed by atoms with van der Waals surface area (Å²) in [6.45, 7) is 3.71. The minimum atomic E-state index is -1.58. The molecule has 1 fully saturated rings. The highest BCUT2D eigenvalue weighted by Crippen LogP contribution is 2.34. The maximum Gasteiger partial charge on any atom is 0.222 e. The van der Waals surface area contributed by atoms with Crippen LogP contribution in [-0.4, -0.2) is 38.9 Å². The van der Waals surface area contributed by atoms with Crippen LogP contribution in [0.2, 0.25) is 0 Å². The van der Waals surface area contributed by atoms with Crippen molar-refractivity contribution in [3.05, 3.63) is 41.9 Å². The summed E-state index contributed by atoms with van der Waals surface area (Å²) in [4.78, 5) is 20.0. The van der Waals surface area contributed by atoms with Crippen LogP contribution >= 0.6 is 0 Å². The number of fused-ring (bicyclic) bond motifs is 1. The van der Waals surface area contributed by atoms with Crippen molar-refractivity contribution in [3.8, 4) is 5.82 Å². The minimum absolute atomic E-state index is 0.0132. The van der Waals surface area contributed by atoms with E-state index in [4.69, 9.17) is 4.74 Å². The molecule has 4 heterocycles. The van der Waals surface area contributed by atoms with E-state index in [0.29, 0.717) is 30.4 Å². The van der Waals surface area contributed by atoms with Crippen molar-refractivity contribution >= 4 is 22.6 Å². The fourth-order valence-electron chi connectivity index (χ4n) is 3.08. The van der Waals surface area contributed by atoms with Crippen LogP contribution in [0.15, 0.2) is 30.6 Å². The number of hydrogen-bond donors (Lipinski definition) is 1. The van der Waals surface area contributed by atoms with E-state index in [1.54, 1.807) is 29.2 Å². The largest absolute Gasteiger partial charge is 0.378 e. The van der Waals surface area contributed by atoms with E-state index in [2.05, 4.69) is 20.4 Å². The maximum atomic E-state index is 15.1. The Hall–Kier alpha value is -2.87. The number of aromatic nitrogens is 4. The molecule has 1 saturated heterocycles. The molecule has 1 aliphatic rings. The van der Waals surface area contributed by atoms with E-state index in [1.807, 2.05) is 13.0 Å². The lowest BCUT2D eigenvalue weighted by Gasteiger charge is -2.18. The van der Waals surface area contributed by atoms with Crippen molar-refractivity contribution in [2.75, 3.05) is 18.5 Å². The molecule has 0 aromatic carbocycles. The van der Waals surface area contributed by atoms with E-state index in [1.165, 1.54) is 6.92 Å². The number of amides is 1. The van der Waals surface area contributed by atoms with Crippen molar-refractivity contribution < 1.29 is 13.9 Å². The molecule has 134 valence electrons. The molecule has 1 aliphatic heterocycles. The first-order valence-corrected chi connectivity index (χ1v) is 8.32. The van der Waals surface area contributed by atoms with Gasteiger partial charge in [0.15, 0.2) is 11.5 Å². The van der Waals surface area contributed by atoms with E-state index in [-0.39, 0.29) is 12.5 Å². The van der Waals surface area contributed by atoms with E-state index in [9.17, 15) is 4.79 Å². The standard InChI is InChI=1S/C18H18FN5O2/c1-11-5-15(18(19)3-4-26-10-18)23-17(6-11)24-14-7-16(22-12(2)25)20-8-13(14)9-21-24/h5-9H,3-4,10H2,1-2H3,(H,20,22,25). The molecule has 4 rings (SSSR count). The Kier molecular flexibility index (Phi) is 3.91. The van der Waals surface area contributed by atoms with Gasteiger partial charge >= 0.3 is 0 Å². The number of carbonyl (C=O) groups excluding carboxylic acids is 1. The summed E-state index contributed by atoms with van der Waals surface area (Å²) >= 11 is 0. The molecule has 3 aromatic rings. The number of halogens is 1. The second-order valence-corrected chi connectivity index (χ2v) is 6.52. The van der Waals surface area contributed by atoms with E-state index < -0.39 is 5.67 Å². The van der Waals surface area contributed by atoms with Crippen LogP contribution < -0.4 is 5.32 Å². The lowest BCUT2D eigenvalue weighted by molar-refractivity contribution is -0.114. The molecule has 1 N–H and O–H groups in total. The predicted molar refractivity (Wildman–Crippen MR) is 93.9 cm³/mol. The second kappa shape index (κ2) is 6.14. The van der Waals surface area contributed by atoms with Crippen LogP contribution in [-0.2, 0) is 15.2 Å². The third-order valence-electron chi connectivity index (χ3n) is 4.36. The van der Waals surface area contributed by atoms with Crippen molar-refractivity contribution in [3.63, 3.8) is 0 Å². The molecule has 1 unspecified atom stereocenters. The fourth-order valence-corrected chi connectivity index (χ4v) is 3.08. The molecule has 0 radical (unpaired) electrons. The van der Waals surface area contributed by atoms with Crippen molar-refractivity contribution in [2.24, 2.45) is 0 Å². The first-order chi connectivity index (χ1) is 12.4. The average molecular weight is 355 g/mol. The third-order valence-corrected chi connectivity index (χ3v) is 4.36. The van der Waals surface area contributed by atoms with Gasteiger partial charge in [-0.15, -0.1) is 0 Å². The molecular formula is C18H18FN5O2.